The van der Waals surface area contributed by atoms with E-state index in [1.54, 1.807) is 17.4 Å². The van der Waals surface area contributed by atoms with Crippen LogP contribution in [0, 0.1) is 19.7 Å². The van der Waals surface area contributed by atoms with Gasteiger partial charge in [0.1, 0.15) is 17.3 Å². The van der Waals surface area contributed by atoms with Gasteiger partial charge in [0.2, 0.25) is 0 Å². The highest BCUT2D eigenvalue weighted by molar-refractivity contribution is 7.19. The molecular formula is C16H16FNOS. The Kier molecular flexibility index (Phi) is 3.36. The molecule has 2 aromatic heterocycles. The van der Waals surface area contributed by atoms with E-state index in [-0.39, 0.29) is 11.9 Å². The Balaban J connectivity index is 2.09. The van der Waals surface area contributed by atoms with Gasteiger partial charge in [-0.25, -0.2) is 4.39 Å². The standard InChI is InChI=1S/C16H16FNOS/c1-9-6-13(10(2)19-9)16(18-3)15-7-11-4-5-12(17)8-14(11)20-15/h4-8,16,18H,1-3H3. The van der Waals surface area contributed by atoms with E-state index in [1.807, 2.05) is 27.0 Å². The smallest absolute Gasteiger partial charge is 0.124 e. The summed E-state index contributed by atoms with van der Waals surface area (Å²) < 4.78 is 19.9. The van der Waals surface area contributed by atoms with Crippen LogP contribution in [0.2, 0.25) is 0 Å². The maximum atomic E-state index is 13.3. The van der Waals surface area contributed by atoms with Crippen molar-refractivity contribution in [2.45, 2.75) is 19.9 Å². The summed E-state index contributed by atoms with van der Waals surface area (Å²) in [5, 5.41) is 4.39. The first kappa shape index (κ1) is 13.3. The Labute approximate surface area is 121 Å². The summed E-state index contributed by atoms with van der Waals surface area (Å²) in [6.07, 6.45) is 0. The second-order valence-corrected chi connectivity index (χ2v) is 6.04. The first-order valence-corrected chi connectivity index (χ1v) is 7.33. The lowest BCUT2D eigenvalue weighted by Crippen LogP contribution is -2.16. The average molecular weight is 289 g/mol. The van der Waals surface area contributed by atoms with Gasteiger partial charge in [0.05, 0.1) is 6.04 Å². The van der Waals surface area contributed by atoms with Crippen LogP contribution in [0.4, 0.5) is 4.39 Å². The lowest BCUT2D eigenvalue weighted by molar-refractivity contribution is 0.497. The quantitative estimate of drug-likeness (QED) is 0.764. The van der Waals surface area contributed by atoms with E-state index in [9.17, 15) is 4.39 Å². The highest BCUT2D eigenvalue weighted by atomic mass is 32.1. The van der Waals surface area contributed by atoms with E-state index in [1.165, 1.54) is 6.07 Å². The molecule has 1 N–H and O–H groups in total. The zero-order valence-corrected chi connectivity index (χ0v) is 12.5. The molecule has 0 saturated carbocycles. The molecule has 3 aromatic rings. The summed E-state index contributed by atoms with van der Waals surface area (Å²) in [5.74, 6) is 1.64. The molecule has 20 heavy (non-hydrogen) atoms. The summed E-state index contributed by atoms with van der Waals surface area (Å²) in [6.45, 7) is 3.92. The monoisotopic (exact) mass is 289 g/mol. The second kappa shape index (κ2) is 5.04. The molecule has 0 aliphatic carbocycles. The lowest BCUT2D eigenvalue weighted by atomic mass is 10.1. The molecule has 3 rings (SSSR count). The Bertz CT molecular complexity index is 759. The maximum absolute atomic E-state index is 13.3. The zero-order chi connectivity index (χ0) is 14.3. The second-order valence-electron chi connectivity index (χ2n) is 4.92. The van der Waals surface area contributed by atoms with Crippen LogP contribution < -0.4 is 5.32 Å². The van der Waals surface area contributed by atoms with Crippen LogP contribution >= 0.6 is 11.3 Å². The van der Waals surface area contributed by atoms with Crippen molar-refractivity contribution in [3.05, 3.63) is 58.1 Å². The summed E-state index contributed by atoms with van der Waals surface area (Å²) in [5.41, 5.74) is 1.14. The van der Waals surface area contributed by atoms with Crippen LogP contribution in [0.15, 0.2) is 34.7 Å². The van der Waals surface area contributed by atoms with Gasteiger partial charge in [0.15, 0.2) is 0 Å². The average Bonchev–Trinajstić information content (AvgIpc) is 2.94. The largest absolute Gasteiger partial charge is 0.466 e. The minimum atomic E-state index is -0.192. The number of furan rings is 1. The zero-order valence-electron chi connectivity index (χ0n) is 11.7. The van der Waals surface area contributed by atoms with Gasteiger partial charge in [0.25, 0.3) is 0 Å². The maximum Gasteiger partial charge on any atom is 0.124 e. The van der Waals surface area contributed by atoms with Crippen LogP contribution in [-0.2, 0) is 0 Å². The summed E-state index contributed by atoms with van der Waals surface area (Å²) >= 11 is 1.61. The lowest BCUT2D eigenvalue weighted by Gasteiger charge is -2.13. The highest BCUT2D eigenvalue weighted by Gasteiger charge is 2.19. The molecule has 0 spiro atoms. The molecule has 0 radical (unpaired) electrons. The number of halogens is 1. The summed E-state index contributed by atoms with van der Waals surface area (Å²) in [4.78, 5) is 1.16. The van der Waals surface area contributed by atoms with Crippen molar-refractivity contribution in [2.75, 3.05) is 7.05 Å². The van der Waals surface area contributed by atoms with E-state index in [0.717, 1.165) is 32.0 Å². The van der Waals surface area contributed by atoms with E-state index in [4.69, 9.17) is 4.42 Å². The van der Waals surface area contributed by atoms with E-state index < -0.39 is 0 Å². The first-order valence-electron chi connectivity index (χ1n) is 6.51. The minimum absolute atomic E-state index is 0.0768. The highest BCUT2D eigenvalue weighted by Crippen LogP contribution is 2.35. The summed E-state index contributed by atoms with van der Waals surface area (Å²) in [7, 11) is 1.93. The number of nitrogens with one attached hydrogen (secondary N) is 1. The third kappa shape index (κ3) is 2.25. The van der Waals surface area contributed by atoms with E-state index in [0.29, 0.717) is 0 Å². The van der Waals surface area contributed by atoms with Gasteiger partial charge in [-0.1, -0.05) is 6.07 Å². The number of aryl methyl sites for hydroxylation is 2. The van der Waals surface area contributed by atoms with Crippen LogP contribution in [0.5, 0.6) is 0 Å². The molecule has 0 aliphatic rings. The van der Waals surface area contributed by atoms with Crippen LogP contribution in [0.3, 0.4) is 0 Å². The Morgan fingerprint density at radius 3 is 2.65 bits per heavy atom. The van der Waals surface area contributed by atoms with Crippen molar-refractivity contribution in [1.29, 1.82) is 0 Å². The van der Waals surface area contributed by atoms with Crippen molar-refractivity contribution in [3.63, 3.8) is 0 Å². The van der Waals surface area contributed by atoms with E-state index >= 15 is 0 Å². The molecule has 1 atom stereocenters. The predicted octanol–water partition coefficient (Wildman–Crippen LogP) is 4.56. The minimum Gasteiger partial charge on any atom is -0.466 e. The third-order valence-corrected chi connectivity index (χ3v) is 4.63. The Morgan fingerprint density at radius 1 is 1.20 bits per heavy atom. The normalized spacial score (nSPS) is 13.0. The topological polar surface area (TPSA) is 25.2 Å². The van der Waals surface area contributed by atoms with Gasteiger partial charge in [-0.2, -0.15) is 0 Å². The Morgan fingerprint density at radius 2 is 2.00 bits per heavy atom. The number of benzene rings is 1. The van der Waals surface area contributed by atoms with Gasteiger partial charge < -0.3 is 9.73 Å². The van der Waals surface area contributed by atoms with E-state index in [2.05, 4.69) is 17.4 Å². The molecule has 0 saturated heterocycles. The number of hydrogen-bond acceptors (Lipinski definition) is 3. The predicted molar refractivity (Wildman–Crippen MR) is 80.9 cm³/mol. The van der Waals surface area contributed by atoms with Crippen molar-refractivity contribution >= 4 is 21.4 Å². The molecule has 0 bridgehead atoms. The number of hydrogen-bond donors (Lipinski definition) is 1. The molecule has 2 nitrogen and oxygen atoms in total. The fourth-order valence-electron chi connectivity index (χ4n) is 2.56. The molecular weight excluding hydrogens is 273 g/mol. The summed E-state index contributed by atoms with van der Waals surface area (Å²) in [6, 6.07) is 9.16. The molecule has 0 fully saturated rings. The molecule has 1 unspecified atom stereocenters. The van der Waals surface area contributed by atoms with Gasteiger partial charge >= 0.3 is 0 Å². The van der Waals surface area contributed by atoms with Gasteiger partial charge in [-0.3, -0.25) is 0 Å². The van der Waals surface area contributed by atoms with Gasteiger partial charge in [-0.15, -0.1) is 11.3 Å². The molecule has 0 amide bonds. The fraction of sp³-hybridized carbons (Fsp3) is 0.250. The molecule has 1 aromatic carbocycles. The van der Waals surface area contributed by atoms with Crippen molar-refractivity contribution < 1.29 is 8.81 Å². The van der Waals surface area contributed by atoms with Crippen LogP contribution in [0.25, 0.3) is 10.1 Å². The molecule has 2 heterocycles. The van der Waals surface area contributed by atoms with Crippen LogP contribution in [-0.4, -0.2) is 7.05 Å². The molecule has 4 heteroatoms. The van der Waals surface area contributed by atoms with Crippen molar-refractivity contribution in [2.24, 2.45) is 0 Å². The SMILES string of the molecule is CNC(c1cc2ccc(F)cc2s1)c1cc(C)oc1C. The van der Waals surface area contributed by atoms with Gasteiger partial charge in [-0.05, 0) is 50.5 Å². The van der Waals surface area contributed by atoms with Gasteiger partial charge in [0, 0.05) is 15.1 Å². The van der Waals surface area contributed by atoms with Crippen molar-refractivity contribution in [1.82, 2.24) is 5.32 Å². The molecule has 104 valence electrons. The van der Waals surface area contributed by atoms with Crippen LogP contribution in [0.1, 0.15) is 28.0 Å². The third-order valence-electron chi connectivity index (χ3n) is 3.46. The first-order chi connectivity index (χ1) is 9.58. The molecule has 0 aliphatic heterocycles. The van der Waals surface area contributed by atoms with Crippen molar-refractivity contribution in [3.8, 4) is 0 Å². The fourth-order valence-corrected chi connectivity index (χ4v) is 3.77. The number of fused-ring (bicyclic) bond motifs is 1. The number of rotatable bonds is 3. The Hall–Kier alpha value is -1.65. The number of thiophene rings is 1.